The van der Waals surface area contributed by atoms with E-state index >= 15 is 0 Å². The lowest BCUT2D eigenvalue weighted by atomic mass is 10.3. The van der Waals surface area contributed by atoms with Crippen molar-refractivity contribution in [2.75, 3.05) is 0 Å². The van der Waals surface area contributed by atoms with Gasteiger partial charge >= 0.3 is 0 Å². The number of rotatable bonds is 1. The first kappa shape index (κ1) is 7.85. The molecule has 2 aromatic rings. The summed E-state index contributed by atoms with van der Waals surface area (Å²) in [5.41, 5.74) is 2.57. The SMILES string of the molecule is Cc1ncc(-c2ncn[nH]2)nc1C. The minimum Gasteiger partial charge on any atom is -0.258 e. The Bertz CT molecular complexity index is 406. The van der Waals surface area contributed by atoms with Crippen LogP contribution in [0.3, 0.4) is 0 Å². The molecule has 2 aromatic heterocycles. The molecule has 13 heavy (non-hydrogen) atoms. The molecule has 0 aromatic carbocycles. The fourth-order valence-corrected chi connectivity index (χ4v) is 0.985. The maximum atomic E-state index is 4.32. The molecule has 0 aliphatic carbocycles. The van der Waals surface area contributed by atoms with Crippen LogP contribution in [0.15, 0.2) is 12.5 Å². The van der Waals surface area contributed by atoms with Crippen molar-refractivity contribution in [3.8, 4) is 11.5 Å². The Labute approximate surface area is 75.3 Å². The molecule has 1 N–H and O–H groups in total. The van der Waals surface area contributed by atoms with E-state index in [2.05, 4.69) is 25.1 Å². The number of hydrogen-bond acceptors (Lipinski definition) is 4. The van der Waals surface area contributed by atoms with Gasteiger partial charge in [0, 0.05) is 0 Å². The molecule has 66 valence electrons. The lowest BCUT2D eigenvalue weighted by Gasteiger charge is -1.99. The van der Waals surface area contributed by atoms with E-state index in [1.165, 1.54) is 6.33 Å². The molecule has 5 heteroatoms. The second-order valence-electron chi connectivity index (χ2n) is 2.76. The third kappa shape index (κ3) is 1.40. The minimum absolute atomic E-state index is 0.649. The summed E-state index contributed by atoms with van der Waals surface area (Å²) in [6, 6.07) is 0. The number of aryl methyl sites for hydroxylation is 2. The molecule has 0 saturated heterocycles. The van der Waals surface area contributed by atoms with Gasteiger partial charge in [-0.15, -0.1) is 0 Å². The molecule has 0 saturated carbocycles. The fourth-order valence-electron chi connectivity index (χ4n) is 0.985. The molecule has 2 rings (SSSR count). The summed E-state index contributed by atoms with van der Waals surface area (Å²) in [5, 5.41) is 6.48. The summed E-state index contributed by atoms with van der Waals surface area (Å²) in [5.74, 6) is 0.649. The average molecular weight is 175 g/mol. The Morgan fingerprint density at radius 2 is 2.00 bits per heavy atom. The number of aromatic nitrogens is 5. The third-order valence-corrected chi connectivity index (χ3v) is 1.85. The van der Waals surface area contributed by atoms with Crippen LogP contribution in [0, 0.1) is 13.8 Å². The third-order valence-electron chi connectivity index (χ3n) is 1.85. The predicted octanol–water partition coefficient (Wildman–Crippen LogP) is 0.879. The van der Waals surface area contributed by atoms with E-state index in [4.69, 9.17) is 0 Å². The van der Waals surface area contributed by atoms with Gasteiger partial charge in [0.05, 0.1) is 17.6 Å². The largest absolute Gasteiger partial charge is 0.258 e. The van der Waals surface area contributed by atoms with Crippen LogP contribution in [-0.4, -0.2) is 25.1 Å². The first-order chi connectivity index (χ1) is 6.27. The first-order valence-corrected chi connectivity index (χ1v) is 3.93. The van der Waals surface area contributed by atoms with Gasteiger partial charge in [-0.3, -0.25) is 10.1 Å². The highest BCUT2D eigenvalue weighted by Crippen LogP contribution is 2.10. The van der Waals surface area contributed by atoms with E-state index in [-0.39, 0.29) is 0 Å². The van der Waals surface area contributed by atoms with Crippen LogP contribution >= 0.6 is 0 Å². The van der Waals surface area contributed by atoms with Crippen molar-refractivity contribution in [1.29, 1.82) is 0 Å². The van der Waals surface area contributed by atoms with Crippen molar-refractivity contribution >= 4 is 0 Å². The van der Waals surface area contributed by atoms with Crippen molar-refractivity contribution in [1.82, 2.24) is 25.1 Å². The molecular weight excluding hydrogens is 166 g/mol. The molecule has 0 aliphatic rings. The molecule has 0 aliphatic heterocycles. The van der Waals surface area contributed by atoms with Crippen LogP contribution in [0.25, 0.3) is 11.5 Å². The van der Waals surface area contributed by atoms with Gasteiger partial charge in [-0.2, -0.15) is 5.10 Å². The molecule has 0 bridgehead atoms. The van der Waals surface area contributed by atoms with Gasteiger partial charge in [-0.1, -0.05) is 0 Å². The molecule has 0 radical (unpaired) electrons. The van der Waals surface area contributed by atoms with Crippen molar-refractivity contribution in [3.05, 3.63) is 23.9 Å². The smallest absolute Gasteiger partial charge is 0.175 e. The molecule has 0 spiro atoms. The topological polar surface area (TPSA) is 67.3 Å². The van der Waals surface area contributed by atoms with Crippen LogP contribution in [0.1, 0.15) is 11.4 Å². The van der Waals surface area contributed by atoms with E-state index in [1.807, 2.05) is 13.8 Å². The number of H-pyrrole nitrogens is 1. The van der Waals surface area contributed by atoms with Crippen LogP contribution in [0.2, 0.25) is 0 Å². The molecule has 5 nitrogen and oxygen atoms in total. The summed E-state index contributed by atoms with van der Waals surface area (Å²) in [6.07, 6.45) is 3.13. The number of aromatic amines is 1. The van der Waals surface area contributed by atoms with Crippen LogP contribution in [-0.2, 0) is 0 Å². The number of nitrogens with one attached hydrogen (secondary N) is 1. The lowest BCUT2D eigenvalue weighted by Crippen LogP contribution is -1.94. The Balaban J connectivity index is 2.49. The maximum absolute atomic E-state index is 4.32. The zero-order valence-electron chi connectivity index (χ0n) is 7.44. The van der Waals surface area contributed by atoms with E-state index in [0.717, 1.165) is 17.1 Å². The van der Waals surface area contributed by atoms with Gasteiger partial charge in [-0.05, 0) is 13.8 Å². The zero-order chi connectivity index (χ0) is 9.26. The molecule has 0 amide bonds. The maximum Gasteiger partial charge on any atom is 0.175 e. The Morgan fingerprint density at radius 3 is 2.62 bits per heavy atom. The summed E-state index contributed by atoms with van der Waals surface area (Å²) in [6.45, 7) is 3.84. The standard InChI is InChI=1S/C8H9N5/c1-5-6(2)12-7(3-9-5)8-10-4-11-13-8/h3-4H,1-2H3,(H,10,11,13). The molecule has 0 atom stereocenters. The highest BCUT2D eigenvalue weighted by molar-refractivity contribution is 5.46. The van der Waals surface area contributed by atoms with Gasteiger partial charge in [0.15, 0.2) is 5.82 Å². The van der Waals surface area contributed by atoms with Gasteiger partial charge in [0.25, 0.3) is 0 Å². The second kappa shape index (κ2) is 2.93. The monoisotopic (exact) mass is 175 g/mol. The molecule has 0 unspecified atom stereocenters. The van der Waals surface area contributed by atoms with E-state index in [1.54, 1.807) is 6.20 Å². The summed E-state index contributed by atoms with van der Waals surface area (Å²) in [7, 11) is 0. The highest BCUT2D eigenvalue weighted by atomic mass is 15.2. The van der Waals surface area contributed by atoms with Gasteiger partial charge in [0.1, 0.15) is 12.0 Å². The van der Waals surface area contributed by atoms with E-state index in [9.17, 15) is 0 Å². The second-order valence-corrected chi connectivity index (χ2v) is 2.76. The van der Waals surface area contributed by atoms with E-state index < -0.39 is 0 Å². The Morgan fingerprint density at radius 1 is 1.15 bits per heavy atom. The van der Waals surface area contributed by atoms with Gasteiger partial charge < -0.3 is 0 Å². The quantitative estimate of drug-likeness (QED) is 0.698. The van der Waals surface area contributed by atoms with Crippen LogP contribution < -0.4 is 0 Å². The number of nitrogens with zero attached hydrogens (tertiary/aromatic N) is 4. The van der Waals surface area contributed by atoms with Crippen molar-refractivity contribution in [3.63, 3.8) is 0 Å². The van der Waals surface area contributed by atoms with Gasteiger partial charge in [-0.25, -0.2) is 9.97 Å². The molecular formula is C8H9N5. The average Bonchev–Trinajstić information content (AvgIpc) is 2.62. The highest BCUT2D eigenvalue weighted by Gasteiger charge is 2.03. The molecule has 2 heterocycles. The summed E-state index contributed by atoms with van der Waals surface area (Å²) in [4.78, 5) is 12.5. The summed E-state index contributed by atoms with van der Waals surface area (Å²) >= 11 is 0. The zero-order valence-corrected chi connectivity index (χ0v) is 7.44. The van der Waals surface area contributed by atoms with Crippen molar-refractivity contribution in [2.45, 2.75) is 13.8 Å². The predicted molar refractivity (Wildman–Crippen MR) is 46.9 cm³/mol. The van der Waals surface area contributed by atoms with Crippen LogP contribution in [0.5, 0.6) is 0 Å². The lowest BCUT2D eigenvalue weighted by molar-refractivity contribution is 1.02. The van der Waals surface area contributed by atoms with E-state index in [0.29, 0.717) is 5.82 Å². The molecule has 0 fully saturated rings. The van der Waals surface area contributed by atoms with Crippen LogP contribution in [0.4, 0.5) is 0 Å². The number of hydrogen-bond donors (Lipinski definition) is 1. The fraction of sp³-hybridized carbons (Fsp3) is 0.250. The Kier molecular flexibility index (Phi) is 1.77. The van der Waals surface area contributed by atoms with Gasteiger partial charge in [0.2, 0.25) is 0 Å². The normalized spacial score (nSPS) is 10.3. The van der Waals surface area contributed by atoms with Crippen molar-refractivity contribution < 1.29 is 0 Å². The Hall–Kier alpha value is -1.78. The van der Waals surface area contributed by atoms with Crippen molar-refractivity contribution in [2.24, 2.45) is 0 Å². The minimum atomic E-state index is 0.649. The summed E-state index contributed by atoms with van der Waals surface area (Å²) < 4.78 is 0. The first-order valence-electron chi connectivity index (χ1n) is 3.93.